The van der Waals surface area contributed by atoms with Gasteiger partial charge >= 0.3 is 0 Å². The Hall–Kier alpha value is -0.130. The molecule has 2 nitrogen and oxygen atoms in total. The van der Waals surface area contributed by atoms with Crippen LogP contribution in [-0.4, -0.2) is 35.9 Å². The Bertz CT molecular complexity index is 425. The SMILES string of the molecule is CCC(CSC)N(C)C(=O)c1ccc(Br)cc1S. The van der Waals surface area contributed by atoms with Gasteiger partial charge in [-0.25, -0.2) is 0 Å². The van der Waals surface area contributed by atoms with Gasteiger partial charge in [-0.3, -0.25) is 4.79 Å². The van der Waals surface area contributed by atoms with E-state index >= 15 is 0 Å². The summed E-state index contributed by atoms with van der Waals surface area (Å²) in [4.78, 5) is 14.9. The average molecular weight is 348 g/mol. The van der Waals surface area contributed by atoms with Gasteiger partial charge in [0.1, 0.15) is 0 Å². The van der Waals surface area contributed by atoms with Gasteiger partial charge in [-0.05, 0) is 30.9 Å². The van der Waals surface area contributed by atoms with Crippen LogP contribution >= 0.6 is 40.3 Å². The molecule has 0 aliphatic carbocycles. The summed E-state index contributed by atoms with van der Waals surface area (Å²) >= 11 is 9.50. The summed E-state index contributed by atoms with van der Waals surface area (Å²) in [7, 11) is 1.86. The fourth-order valence-electron chi connectivity index (χ4n) is 1.74. The van der Waals surface area contributed by atoms with E-state index in [0.717, 1.165) is 16.6 Å². The first-order valence-corrected chi connectivity index (χ1v) is 8.39. The summed E-state index contributed by atoms with van der Waals surface area (Å²) in [6, 6.07) is 5.80. The van der Waals surface area contributed by atoms with Crippen LogP contribution in [0.15, 0.2) is 27.6 Å². The zero-order chi connectivity index (χ0) is 13.7. The minimum atomic E-state index is 0.0356. The van der Waals surface area contributed by atoms with Crippen LogP contribution in [-0.2, 0) is 0 Å². The summed E-state index contributed by atoms with van der Waals surface area (Å²) in [5, 5.41) is 0. The van der Waals surface area contributed by atoms with Gasteiger partial charge in [0, 0.05) is 28.2 Å². The Kier molecular flexibility index (Phi) is 6.60. The van der Waals surface area contributed by atoms with E-state index in [-0.39, 0.29) is 11.9 Å². The predicted octanol–water partition coefficient (Wildman–Crippen LogP) is 3.95. The van der Waals surface area contributed by atoms with Crippen molar-refractivity contribution in [1.29, 1.82) is 0 Å². The Morgan fingerprint density at radius 1 is 1.56 bits per heavy atom. The quantitative estimate of drug-likeness (QED) is 0.813. The molecule has 1 unspecified atom stereocenters. The number of nitrogens with zero attached hydrogens (tertiary/aromatic N) is 1. The monoisotopic (exact) mass is 347 g/mol. The Morgan fingerprint density at radius 2 is 2.22 bits per heavy atom. The standard InChI is InChI=1S/C13H18BrNOS2/c1-4-10(8-18-3)15(2)13(16)11-6-5-9(14)7-12(11)17/h5-7,10,17H,4,8H2,1-3H3. The second-order valence-electron chi connectivity index (χ2n) is 4.09. The fourth-order valence-corrected chi connectivity index (χ4v) is 3.43. The van der Waals surface area contributed by atoms with Crippen molar-refractivity contribution in [2.75, 3.05) is 19.1 Å². The topological polar surface area (TPSA) is 20.3 Å². The predicted molar refractivity (Wildman–Crippen MR) is 85.9 cm³/mol. The van der Waals surface area contributed by atoms with Gasteiger partial charge in [-0.1, -0.05) is 22.9 Å². The molecule has 1 amide bonds. The lowest BCUT2D eigenvalue weighted by Crippen LogP contribution is -2.38. The van der Waals surface area contributed by atoms with E-state index in [1.807, 2.05) is 30.1 Å². The van der Waals surface area contributed by atoms with Crippen molar-refractivity contribution < 1.29 is 4.79 Å². The molecule has 18 heavy (non-hydrogen) atoms. The molecule has 100 valence electrons. The molecule has 0 aliphatic heterocycles. The van der Waals surface area contributed by atoms with E-state index in [9.17, 15) is 4.79 Å². The number of halogens is 1. The number of benzene rings is 1. The Morgan fingerprint density at radius 3 is 2.72 bits per heavy atom. The summed E-state index contributed by atoms with van der Waals surface area (Å²) in [6.45, 7) is 2.11. The van der Waals surface area contributed by atoms with Gasteiger partial charge in [0.15, 0.2) is 0 Å². The molecule has 1 aromatic carbocycles. The Balaban J connectivity index is 2.91. The minimum absolute atomic E-state index is 0.0356. The maximum atomic E-state index is 12.4. The number of hydrogen-bond donors (Lipinski definition) is 1. The van der Waals surface area contributed by atoms with Crippen LogP contribution < -0.4 is 0 Å². The maximum absolute atomic E-state index is 12.4. The smallest absolute Gasteiger partial charge is 0.255 e. The molecule has 0 aliphatic rings. The number of rotatable bonds is 5. The lowest BCUT2D eigenvalue weighted by atomic mass is 10.1. The lowest BCUT2D eigenvalue weighted by Gasteiger charge is -2.27. The molecule has 0 spiro atoms. The van der Waals surface area contributed by atoms with Gasteiger partial charge in [0.25, 0.3) is 5.91 Å². The van der Waals surface area contributed by atoms with Gasteiger partial charge in [0.2, 0.25) is 0 Å². The molecule has 0 N–H and O–H groups in total. The largest absolute Gasteiger partial charge is 0.338 e. The van der Waals surface area contributed by atoms with Crippen molar-refractivity contribution in [2.24, 2.45) is 0 Å². The number of amides is 1. The third-order valence-electron chi connectivity index (χ3n) is 2.89. The second kappa shape index (κ2) is 7.46. The number of hydrogen-bond acceptors (Lipinski definition) is 3. The van der Waals surface area contributed by atoms with E-state index in [0.29, 0.717) is 10.5 Å². The second-order valence-corrected chi connectivity index (χ2v) is 6.40. The van der Waals surface area contributed by atoms with Crippen molar-refractivity contribution in [3.8, 4) is 0 Å². The first kappa shape index (κ1) is 15.9. The van der Waals surface area contributed by atoms with E-state index in [1.54, 1.807) is 11.8 Å². The zero-order valence-electron chi connectivity index (χ0n) is 10.8. The minimum Gasteiger partial charge on any atom is -0.338 e. The maximum Gasteiger partial charge on any atom is 0.255 e. The summed E-state index contributed by atoms with van der Waals surface area (Å²) < 4.78 is 0.933. The normalized spacial score (nSPS) is 12.3. The van der Waals surface area contributed by atoms with Crippen molar-refractivity contribution in [3.05, 3.63) is 28.2 Å². The van der Waals surface area contributed by atoms with Gasteiger partial charge < -0.3 is 4.90 Å². The molecule has 1 atom stereocenters. The van der Waals surface area contributed by atoms with Gasteiger partial charge in [0.05, 0.1) is 5.56 Å². The highest BCUT2D eigenvalue weighted by atomic mass is 79.9. The van der Waals surface area contributed by atoms with Crippen molar-refractivity contribution in [3.63, 3.8) is 0 Å². The van der Waals surface area contributed by atoms with Crippen LogP contribution in [0.5, 0.6) is 0 Å². The van der Waals surface area contributed by atoms with Crippen molar-refractivity contribution >= 4 is 46.2 Å². The van der Waals surface area contributed by atoms with Gasteiger partial charge in [-0.2, -0.15) is 11.8 Å². The molecule has 5 heteroatoms. The van der Waals surface area contributed by atoms with Crippen molar-refractivity contribution in [2.45, 2.75) is 24.3 Å². The summed E-state index contributed by atoms with van der Waals surface area (Å²) in [5.74, 6) is 0.991. The molecular formula is C13H18BrNOS2. The number of thiol groups is 1. The number of carbonyl (C=O) groups excluding carboxylic acids is 1. The van der Waals surface area contributed by atoms with E-state index in [1.165, 1.54) is 0 Å². The highest BCUT2D eigenvalue weighted by molar-refractivity contribution is 9.10. The zero-order valence-corrected chi connectivity index (χ0v) is 14.1. The highest BCUT2D eigenvalue weighted by Gasteiger charge is 2.20. The highest BCUT2D eigenvalue weighted by Crippen LogP contribution is 2.22. The molecule has 0 saturated carbocycles. The molecule has 0 saturated heterocycles. The third kappa shape index (κ3) is 3.93. The van der Waals surface area contributed by atoms with Crippen LogP contribution in [0.2, 0.25) is 0 Å². The first-order valence-electron chi connectivity index (χ1n) is 5.75. The van der Waals surface area contributed by atoms with Crippen LogP contribution in [0.25, 0.3) is 0 Å². The molecule has 0 fully saturated rings. The van der Waals surface area contributed by atoms with Crippen LogP contribution in [0.4, 0.5) is 0 Å². The average Bonchev–Trinajstić information content (AvgIpc) is 2.34. The molecular weight excluding hydrogens is 330 g/mol. The molecule has 1 rings (SSSR count). The summed E-state index contributed by atoms with van der Waals surface area (Å²) in [6.07, 6.45) is 3.02. The van der Waals surface area contributed by atoms with Crippen LogP contribution in [0, 0.1) is 0 Å². The fraction of sp³-hybridized carbons (Fsp3) is 0.462. The van der Waals surface area contributed by atoms with Crippen molar-refractivity contribution in [1.82, 2.24) is 4.90 Å². The molecule has 0 heterocycles. The van der Waals surface area contributed by atoms with E-state index < -0.39 is 0 Å². The van der Waals surface area contributed by atoms with Gasteiger partial charge in [-0.15, -0.1) is 12.6 Å². The molecule has 1 aromatic rings. The van der Waals surface area contributed by atoms with E-state index in [2.05, 4.69) is 41.7 Å². The third-order valence-corrected chi connectivity index (χ3v) is 4.47. The lowest BCUT2D eigenvalue weighted by molar-refractivity contribution is 0.0740. The number of carbonyl (C=O) groups is 1. The van der Waals surface area contributed by atoms with Crippen LogP contribution in [0.3, 0.4) is 0 Å². The molecule has 0 radical (unpaired) electrons. The Labute approximate surface area is 127 Å². The summed E-state index contributed by atoms with van der Waals surface area (Å²) in [5.41, 5.74) is 0.656. The van der Waals surface area contributed by atoms with E-state index in [4.69, 9.17) is 0 Å². The van der Waals surface area contributed by atoms with Crippen LogP contribution in [0.1, 0.15) is 23.7 Å². The number of thioether (sulfide) groups is 1. The molecule has 0 aromatic heterocycles. The molecule has 0 bridgehead atoms. The first-order chi connectivity index (χ1) is 8.51.